The van der Waals surface area contributed by atoms with Crippen LogP contribution >= 0.6 is 0 Å². The summed E-state index contributed by atoms with van der Waals surface area (Å²) in [5.41, 5.74) is 5.38. The molecule has 2 saturated carbocycles. The Balaban J connectivity index is 1.84. The second-order valence-electron chi connectivity index (χ2n) is 5.95. The van der Waals surface area contributed by atoms with E-state index in [1.54, 1.807) is 0 Å². The SMILES string of the molecule is Nc1ccc([N+](=O)[O-])c(S(=O)(=O)NCC2(C3CC3)CC2)c1. The van der Waals surface area contributed by atoms with Crippen LogP contribution in [0.25, 0.3) is 0 Å². The predicted molar refractivity (Wildman–Crippen MR) is 77.1 cm³/mol. The van der Waals surface area contributed by atoms with Crippen LogP contribution in [0.3, 0.4) is 0 Å². The molecule has 1 aromatic carbocycles. The van der Waals surface area contributed by atoms with Gasteiger partial charge in [0.05, 0.1) is 4.92 Å². The third kappa shape index (κ3) is 2.73. The number of benzene rings is 1. The molecule has 0 amide bonds. The molecule has 0 spiro atoms. The number of rotatable bonds is 6. The van der Waals surface area contributed by atoms with Gasteiger partial charge < -0.3 is 5.73 Å². The molecule has 1 aromatic rings. The van der Waals surface area contributed by atoms with E-state index >= 15 is 0 Å². The number of nitrogens with zero attached hydrogens (tertiary/aromatic N) is 1. The Morgan fingerprint density at radius 3 is 2.57 bits per heavy atom. The summed E-state index contributed by atoms with van der Waals surface area (Å²) < 4.78 is 27.2. The summed E-state index contributed by atoms with van der Waals surface area (Å²) in [4.78, 5) is 9.92. The summed E-state index contributed by atoms with van der Waals surface area (Å²) in [5, 5.41) is 11.0. The van der Waals surface area contributed by atoms with Gasteiger partial charge in [-0.05, 0) is 49.1 Å². The smallest absolute Gasteiger partial charge is 0.289 e. The largest absolute Gasteiger partial charge is 0.399 e. The first-order chi connectivity index (χ1) is 9.84. The fourth-order valence-corrected chi connectivity index (χ4v) is 4.14. The van der Waals surface area contributed by atoms with Gasteiger partial charge in [0.25, 0.3) is 5.69 Å². The van der Waals surface area contributed by atoms with Gasteiger partial charge in [-0.3, -0.25) is 10.1 Å². The minimum absolute atomic E-state index is 0.0855. The topological polar surface area (TPSA) is 115 Å². The number of nitro groups is 1. The Morgan fingerprint density at radius 1 is 1.38 bits per heavy atom. The third-order valence-corrected chi connectivity index (χ3v) is 5.85. The zero-order valence-electron chi connectivity index (χ0n) is 11.4. The van der Waals surface area contributed by atoms with Crippen LogP contribution in [-0.2, 0) is 10.0 Å². The molecule has 3 N–H and O–H groups in total. The van der Waals surface area contributed by atoms with Gasteiger partial charge in [-0.2, -0.15) is 0 Å². The van der Waals surface area contributed by atoms with E-state index in [4.69, 9.17) is 5.73 Å². The third-order valence-electron chi connectivity index (χ3n) is 4.42. The molecule has 2 aliphatic carbocycles. The van der Waals surface area contributed by atoms with E-state index in [0.717, 1.165) is 37.8 Å². The number of hydrogen-bond acceptors (Lipinski definition) is 5. The number of hydrogen-bond donors (Lipinski definition) is 2. The Morgan fingerprint density at radius 2 is 2.05 bits per heavy atom. The van der Waals surface area contributed by atoms with Gasteiger partial charge >= 0.3 is 0 Å². The molecule has 0 aliphatic heterocycles. The van der Waals surface area contributed by atoms with Crippen molar-refractivity contribution in [1.82, 2.24) is 4.72 Å². The summed E-state index contributed by atoms with van der Waals surface area (Å²) in [6, 6.07) is 3.58. The summed E-state index contributed by atoms with van der Waals surface area (Å²) in [7, 11) is -3.93. The first-order valence-electron chi connectivity index (χ1n) is 6.88. The van der Waals surface area contributed by atoms with Crippen LogP contribution in [0.1, 0.15) is 25.7 Å². The van der Waals surface area contributed by atoms with Crippen molar-refractivity contribution >= 4 is 21.4 Å². The van der Waals surface area contributed by atoms with Crippen LogP contribution < -0.4 is 10.5 Å². The minimum Gasteiger partial charge on any atom is -0.399 e. The van der Waals surface area contributed by atoms with Crippen LogP contribution in [-0.4, -0.2) is 19.9 Å². The van der Waals surface area contributed by atoms with Gasteiger partial charge in [0.2, 0.25) is 10.0 Å². The number of nitrogens with one attached hydrogen (secondary N) is 1. The monoisotopic (exact) mass is 311 g/mol. The highest BCUT2D eigenvalue weighted by Crippen LogP contribution is 2.60. The molecule has 0 heterocycles. The zero-order valence-corrected chi connectivity index (χ0v) is 12.2. The maximum atomic E-state index is 12.4. The van der Waals surface area contributed by atoms with E-state index in [1.165, 1.54) is 6.07 Å². The molecular formula is C13H17N3O4S. The highest BCUT2D eigenvalue weighted by molar-refractivity contribution is 7.89. The lowest BCUT2D eigenvalue weighted by Gasteiger charge is -2.15. The minimum atomic E-state index is -3.93. The fourth-order valence-electron chi connectivity index (χ4n) is 2.80. The molecule has 2 fully saturated rings. The Labute approximate surface area is 122 Å². The molecule has 0 bridgehead atoms. The summed E-state index contributed by atoms with van der Waals surface area (Å²) in [6.07, 6.45) is 4.36. The van der Waals surface area contributed by atoms with Crippen molar-refractivity contribution in [3.63, 3.8) is 0 Å². The Bertz CT molecular complexity index is 693. The molecule has 8 heteroatoms. The standard InChI is InChI=1S/C13H17N3O4S/c14-10-3-4-11(16(17)18)12(7-10)21(19,20)15-8-13(5-6-13)9-1-2-9/h3-4,7,9,15H,1-2,5-6,8,14H2. The van der Waals surface area contributed by atoms with Crippen LogP contribution in [0.2, 0.25) is 0 Å². The van der Waals surface area contributed by atoms with Crippen molar-refractivity contribution in [2.45, 2.75) is 30.6 Å². The summed E-state index contributed by atoms with van der Waals surface area (Å²) >= 11 is 0. The molecular weight excluding hydrogens is 294 g/mol. The van der Waals surface area contributed by atoms with E-state index < -0.39 is 20.6 Å². The molecule has 114 valence electrons. The first-order valence-corrected chi connectivity index (χ1v) is 8.36. The summed E-state index contributed by atoms with van der Waals surface area (Å²) in [5.74, 6) is 0.607. The fraction of sp³-hybridized carbons (Fsp3) is 0.538. The zero-order chi connectivity index (χ0) is 15.3. The van der Waals surface area contributed by atoms with E-state index in [0.29, 0.717) is 12.5 Å². The van der Waals surface area contributed by atoms with Crippen molar-refractivity contribution < 1.29 is 13.3 Å². The number of nitrogens with two attached hydrogens (primary N) is 1. The lowest BCUT2D eigenvalue weighted by Crippen LogP contribution is -2.31. The van der Waals surface area contributed by atoms with E-state index in [1.807, 2.05) is 0 Å². The molecule has 7 nitrogen and oxygen atoms in total. The normalized spacial score (nSPS) is 20.2. The van der Waals surface area contributed by atoms with Gasteiger partial charge in [0, 0.05) is 18.3 Å². The number of nitro benzene ring substituents is 1. The van der Waals surface area contributed by atoms with Gasteiger partial charge in [0.1, 0.15) is 0 Å². The number of nitrogen functional groups attached to an aromatic ring is 1. The van der Waals surface area contributed by atoms with Crippen molar-refractivity contribution in [3.05, 3.63) is 28.3 Å². The maximum Gasteiger partial charge on any atom is 0.289 e. The molecule has 21 heavy (non-hydrogen) atoms. The van der Waals surface area contributed by atoms with E-state index in [2.05, 4.69) is 4.72 Å². The molecule has 0 atom stereocenters. The molecule has 3 rings (SSSR count). The summed E-state index contributed by atoms with van der Waals surface area (Å²) in [6.45, 7) is 0.353. The van der Waals surface area contributed by atoms with E-state index in [-0.39, 0.29) is 16.0 Å². The average Bonchev–Trinajstić information content (AvgIpc) is 3.27. The molecule has 2 aliphatic rings. The average molecular weight is 311 g/mol. The molecule has 0 unspecified atom stereocenters. The van der Waals surface area contributed by atoms with Crippen LogP contribution in [0.5, 0.6) is 0 Å². The number of sulfonamides is 1. The van der Waals surface area contributed by atoms with Gasteiger partial charge in [-0.15, -0.1) is 0 Å². The molecule has 0 aromatic heterocycles. The van der Waals surface area contributed by atoms with Crippen molar-refractivity contribution in [1.29, 1.82) is 0 Å². The second-order valence-corrected chi connectivity index (χ2v) is 7.68. The Kier molecular flexibility index (Phi) is 3.18. The molecule has 0 saturated heterocycles. The van der Waals surface area contributed by atoms with Gasteiger partial charge in [-0.1, -0.05) is 0 Å². The van der Waals surface area contributed by atoms with E-state index in [9.17, 15) is 18.5 Å². The molecule has 0 radical (unpaired) electrons. The second kappa shape index (κ2) is 4.67. The highest BCUT2D eigenvalue weighted by atomic mass is 32.2. The maximum absolute atomic E-state index is 12.4. The quantitative estimate of drug-likeness (QED) is 0.471. The van der Waals surface area contributed by atoms with Crippen LogP contribution in [0, 0.1) is 21.4 Å². The lowest BCUT2D eigenvalue weighted by molar-refractivity contribution is -0.387. The first kappa shape index (κ1) is 14.3. The van der Waals surface area contributed by atoms with Crippen LogP contribution in [0.15, 0.2) is 23.1 Å². The van der Waals surface area contributed by atoms with Crippen LogP contribution in [0.4, 0.5) is 11.4 Å². The number of anilines is 1. The predicted octanol–water partition coefficient (Wildman–Crippen LogP) is 1.65. The van der Waals surface area contributed by atoms with Crippen molar-refractivity contribution in [2.24, 2.45) is 11.3 Å². The Hall–Kier alpha value is -1.67. The van der Waals surface area contributed by atoms with Gasteiger partial charge in [-0.25, -0.2) is 13.1 Å². The van der Waals surface area contributed by atoms with Crippen molar-refractivity contribution in [2.75, 3.05) is 12.3 Å². The lowest BCUT2D eigenvalue weighted by atomic mass is 10.0. The highest BCUT2D eigenvalue weighted by Gasteiger charge is 2.53. The van der Waals surface area contributed by atoms with Gasteiger partial charge in [0.15, 0.2) is 4.90 Å². The van der Waals surface area contributed by atoms with Crippen molar-refractivity contribution in [3.8, 4) is 0 Å².